The van der Waals surface area contributed by atoms with Crippen molar-refractivity contribution in [2.75, 3.05) is 13.7 Å². The van der Waals surface area contributed by atoms with Crippen molar-refractivity contribution in [3.05, 3.63) is 82.8 Å². The molecular weight excluding hydrogens is 414 g/mol. The summed E-state index contributed by atoms with van der Waals surface area (Å²) in [6.07, 6.45) is 1.61. The van der Waals surface area contributed by atoms with Crippen molar-refractivity contribution < 1.29 is 23.9 Å². The molecule has 0 aliphatic carbocycles. The van der Waals surface area contributed by atoms with Gasteiger partial charge in [0.2, 0.25) is 0 Å². The Morgan fingerprint density at radius 2 is 1.74 bits per heavy atom. The molecule has 0 radical (unpaired) electrons. The molecule has 31 heavy (non-hydrogen) atoms. The van der Waals surface area contributed by atoms with Gasteiger partial charge >= 0.3 is 5.97 Å². The first kappa shape index (κ1) is 20.7. The number of methoxy groups -OCH3 is 1. The van der Waals surface area contributed by atoms with Crippen LogP contribution in [0.4, 0.5) is 4.79 Å². The van der Waals surface area contributed by atoms with Crippen LogP contribution in [-0.2, 0) is 20.9 Å². The van der Waals surface area contributed by atoms with Gasteiger partial charge in [0.1, 0.15) is 18.9 Å². The number of ether oxygens (including phenoxy) is 2. The minimum absolute atomic E-state index is 0.232. The van der Waals surface area contributed by atoms with Gasteiger partial charge in [-0.15, -0.1) is 0 Å². The molecule has 6 nitrogen and oxygen atoms in total. The molecule has 0 bridgehead atoms. The van der Waals surface area contributed by atoms with Crippen molar-refractivity contribution in [1.29, 1.82) is 0 Å². The smallest absolute Gasteiger partial charge is 0.325 e. The molecule has 3 aromatic rings. The number of carbonyl (C=O) groups is 3. The van der Waals surface area contributed by atoms with Gasteiger partial charge in [-0.2, -0.15) is 0 Å². The van der Waals surface area contributed by atoms with E-state index in [0.717, 1.165) is 33.0 Å². The number of amides is 2. The second-order valence-electron chi connectivity index (χ2n) is 6.85. The monoisotopic (exact) mass is 433 g/mol. The van der Waals surface area contributed by atoms with E-state index in [1.54, 1.807) is 6.08 Å². The second kappa shape index (κ2) is 9.06. The molecule has 0 aromatic heterocycles. The molecule has 1 aliphatic heterocycles. The van der Waals surface area contributed by atoms with Gasteiger partial charge in [-0.1, -0.05) is 54.6 Å². The van der Waals surface area contributed by atoms with Crippen LogP contribution in [0.2, 0.25) is 0 Å². The number of para-hydroxylation sites is 1. The number of carbonyl (C=O) groups excluding carboxylic acids is 3. The fourth-order valence-electron chi connectivity index (χ4n) is 3.19. The van der Waals surface area contributed by atoms with E-state index in [4.69, 9.17) is 4.74 Å². The third kappa shape index (κ3) is 4.62. The van der Waals surface area contributed by atoms with Crippen molar-refractivity contribution in [2.24, 2.45) is 0 Å². The third-order valence-corrected chi connectivity index (χ3v) is 5.71. The maximum absolute atomic E-state index is 12.6. The van der Waals surface area contributed by atoms with E-state index in [1.165, 1.54) is 7.11 Å². The summed E-state index contributed by atoms with van der Waals surface area (Å²) in [5.41, 5.74) is 1.69. The minimum Gasteiger partial charge on any atom is -0.488 e. The molecule has 2 amide bonds. The summed E-state index contributed by atoms with van der Waals surface area (Å²) in [5.74, 6) is -0.581. The van der Waals surface area contributed by atoms with Crippen molar-refractivity contribution in [3.8, 4) is 5.75 Å². The van der Waals surface area contributed by atoms with E-state index >= 15 is 0 Å². The Kier molecular flexibility index (Phi) is 6.04. The molecule has 0 atom stereocenters. The summed E-state index contributed by atoms with van der Waals surface area (Å²) in [5, 5.41) is 1.79. The number of thioether (sulfide) groups is 1. The van der Waals surface area contributed by atoms with Crippen LogP contribution in [0.3, 0.4) is 0 Å². The van der Waals surface area contributed by atoms with E-state index in [1.807, 2.05) is 42.5 Å². The van der Waals surface area contributed by atoms with E-state index < -0.39 is 23.7 Å². The molecule has 1 heterocycles. The Morgan fingerprint density at radius 3 is 2.55 bits per heavy atom. The second-order valence-corrected chi connectivity index (χ2v) is 7.85. The lowest BCUT2D eigenvalue weighted by Gasteiger charge is -2.11. The Balaban J connectivity index is 1.52. The zero-order valence-electron chi connectivity index (χ0n) is 16.7. The first-order valence-electron chi connectivity index (χ1n) is 9.57. The van der Waals surface area contributed by atoms with Crippen LogP contribution in [0.15, 0.2) is 71.6 Å². The van der Waals surface area contributed by atoms with Crippen molar-refractivity contribution in [1.82, 2.24) is 4.90 Å². The van der Waals surface area contributed by atoms with Crippen LogP contribution in [0.5, 0.6) is 5.75 Å². The molecule has 0 unspecified atom stereocenters. The average Bonchev–Trinajstić information content (AvgIpc) is 3.05. The zero-order chi connectivity index (χ0) is 21.8. The number of benzene rings is 3. The predicted molar refractivity (Wildman–Crippen MR) is 119 cm³/mol. The van der Waals surface area contributed by atoms with E-state index in [9.17, 15) is 14.4 Å². The van der Waals surface area contributed by atoms with Gasteiger partial charge in [0.15, 0.2) is 0 Å². The Bertz CT molecular complexity index is 1200. The maximum Gasteiger partial charge on any atom is 0.325 e. The van der Waals surface area contributed by atoms with Crippen molar-refractivity contribution in [3.63, 3.8) is 0 Å². The number of nitrogens with zero attached hydrogens (tertiary/aromatic N) is 1. The highest BCUT2D eigenvalue weighted by Crippen LogP contribution is 2.34. The molecule has 0 saturated carbocycles. The lowest BCUT2D eigenvalue weighted by molar-refractivity contribution is -0.143. The number of hydrogen-bond acceptors (Lipinski definition) is 6. The van der Waals surface area contributed by atoms with Gasteiger partial charge in [0.25, 0.3) is 11.1 Å². The average molecular weight is 433 g/mol. The fourth-order valence-corrected chi connectivity index (χ4v) is 4.02. The molecule has 156 valence electrons. The van der Waals surface area contributed by atoms with Crippen LogP contribution in [0.1, 0.15) is 11.1 Å². The molecule has 0 spiro atoms. The first-order valence-corrected chi connectivity index (χ1v) is 10.4. The lowest BCUT2D eigenvalue weighted by Crippen LogP contribution is -2.34. The Labute approximate surface area is 183 Å². The highest BCUT2D eigenvalue weighted by atomic mass is 32.2. The number of fused-ring (bicyclic) bond motifs is 1. The van der Waals surface area contributed by atoms with Crippen LogP contribution in [0, 0.1) is 0 Å². The molecule has 4 rings (SSSR count). The molecule has 1 fully saturated rings. The Hall–Kier alpha value is -3.58. The van der Waals surface area contributed by atoms with Crippen molar-refractivity contribution in [2.45, 2.75) is 6.61 Å². The zero-order valence-corrected chi connectivity index (χ0v) is 17.6. The highest BCUT2D eigenvalue weighted by Gasteiger charge is 2.36. The van der Waals surface area contributed by atoms with Gasteiger partial charge in [-0.3, -0.25) is 19.3 Å². The number of rotatable bonds is 6. The van der Waals surface area contributed by atoms with Crippen LogP contribution in [0.25, 0.3) is 16.8 Å². The van der Waals surface area contributed by atoms with Crippen LogP contribution < -0.4 is 4.74 Å². The summed E-state index contributed by atoms with van der Waals surface area (Å²) in [6, 6.07) is 21.5. The van der Waals surface area contributed by atoms with Gasteiger partial charge < -0.3 is 9.47 Å². The highest BCUT2D eigenvalue weighted by molar-refractivity contribution is 8.18. The molecule has 0 N–H and O–H groups in total. The Morgan fingerprint density at radius 1 is 1.00 bits per heavy atom. The summed E-state index contributed by atoms with van der Waals surface area (Å²) >= 11 is 0.789. The summed E-state index contributed by atoms with van der Waals surface area (Å²) < 4.78 is 10.6. The third-order valence-electron chi connectivity index (χ3n) is 4.80. The van der Waals surface area contributed by atoms with Gasteiger partial charge in [0, 0.05) is 5.56 Å². The first-order chi connectivity index (χ1) is 15.0. The molecule has 3 aromatic carbocycles. The van der Waals surface area contributed by atoms with E-state index in [0.29, 0.717) is 17.9 Å². The maximum atomic E-state index is 12.6. The van der Waals surface area contributed by atoms with Crippen LogP contribution in [-0.4, -0.2) is 35.7 Å². The van der Waals surface area contributed by atoms with Crippen LogP contribution >= 0.6 is 11.8 Å². The van der Waals surface area contributed by atoms with Gasteiger partial charge in [0.05, 0.1) is 12.0 Å². The quantitative estimate of drug-likeness (QED) is 0.417. The topological polar surface area (TPSA) is 72.9 Å². The molecule has 7 heteroatoms. The predicted octanol–water partition coefficient (Wildman–Crippen LogP) is 4.63. The SMILES string of the molecule is COC(=O)CN1C(=O)S/C(=C\c2ccccc2OCc2ccc3ccccc3c2)C1=O. The normalized spacial score (nSPS) is 15.0. The standard InChI is InChI=1S/C24H19NO5S/c1-29-22(26)14-25-23(27)21(31-24(25)28)13-19-8-4-5-9-20(19)30-15-16-10-11-17-6-2-3-7-18(17)12-16/h2-13H,14-15H2,1H3/b21-13-. The van der Waals surface area contributed by atoms with E-state index in [-0.39, 0.29) is 4.91 Å². The lowest BCUT2D eigenvalue weighted by atomic mass is 10.1. The summed E-state index contributed by atoms with van der Waals surface area (Å²) in [4.78, 5) is 37.3. The van der Waals surface area contributed by atoms with Crippen molar-refractivity contribution >= 4 is 45.7 Å². The van der Waals surface area contributed by atoms with E-state index in [2.05, 4.69) is 29.0 Å². The molecule has 1 aliphatic rings. The molecule has 1 saturated heterocycles. The number of hydrogen-bond donors (Lipinski definition) is 0. The summed E-state index contributed by atoms with van der Waals surface area (Å²) in [7, 11) is 1.21. The van der Waals surface area contributed by atoms with Gasteiger partial charge in [-0.05, 0) is 46.3 Å². The molecular formula is C24H19NO5S. The van der Waals surface area contributed by atoms with Gasteiger partial charge in [-0.25, -0.2) is 0 Å². The number of esters is 1. The number of imide groups is 1. The largest absolute Gasteiger partial charge is 0.488 e. The minimum atomic E-state index is -0.650. The fraction of sp³-hybridized carbons (Fsp3) is 0.125. The summed E-state index contributed by atoms with van der Waals surface area (Å²) in [6.45, 7) is -0.0435.